The summed E-state index contributed by atoms with van der Waals surface area (Å²) in [4.78, 5) is 11.2. The monoisotopic (exact) mass is 184 g/mol. The molecule has 0 aromatic carbocycles. The Morgan fingerprint density at radius 3 is 2.85 bits per heavy atom. The molecule has 0 spiro atoms. The molecular formula is C9H16N2O2. The van der Waals surface area contributed by atoms with Gasteiger partial charge in [0.15, 0.2) is 0 Å². The highest BCUT2D eigenvalue weighted by atomic mass is 16.5. The van der Waals surface area contributed by atoms with Crippen LogP contribution < -0.4 is 10.6 Å². The third-order valence-electron chi connectivity index (χ3n) is 2.91. The van der Waals surface area contributed by atoms with E-state index in [1.54, 1.807) is 7.11 Å². The molecule has 4 heteroatoms. The lowest BCUT2D eigenvalue weighted by atomic mass is 9.88. The van der Waals surface area contributed by atoms with Crippen LogP contribution in [0.15, 0.2) is 0 Å². The highest BCUT2D eigenvalue weighted by Crippen LogP contribution is 2.23. The number of carbonyl (C=O) groups excluding carboxylic acids is 1. The van der Waals surface area contributed by atoms with E-state index in [4.69, 9.17) is 4.74 Å². The zero-order valence-electron chi connectivity index (χ0n) is 7.88. The maximum absolute atomic E-state index is 11.2. The van der Waals surface area contributed by atoms with Crippen molar-refractivity contribution < 1.29 is 9.53 Å². The summed E-state index contributed by atoms with van der Waals surface area (Å²) >= 11 is 0. The lowest BCUT2D eigenvalue weighted by Gasteiger charge is -2.36. The molecule has 1 saturated carbocycles. The van der Waals surface area contributed by atoms with Gasteiger partial charge < -0.3 is 15.4 Å². The van der Waals surface area contributed by atoms with E-state index in [1.807, 2.05) is 0 Å². The second-order valence-corrected chi connectivity index (χ2v) is 3.82. The predicted octanol–water partition coefficient (Wildman–Crippen LogP) is -0.358. The molecule has 1 saturated heterocycles. The van der Waals surface area contributed by atoms with Crippen molar-refractivity contribution in [3.63, 3.8) is 0 Å². The van der Waals surface area contributed by atoms with Crippen LogP contribution in [-0.2, 0) is 9.53 Å². The van der Waals surface area contributed by atoms with Crippen molar-refractivity contribution in [2.24, 2.45) is 0 Å². The van der Waals surface area contributed by atoms with Crippen LogP contribution in [0.5, 0.6) is 0 Å². The molecule has 0 radical (unpaired) electrons. The Hall–Kier alpha value is -0.610. The van der Waals surface area contributed by atoms with Crippen molar-refractivity contribution in [2.75, 3.05) is 13.7 Å². The van der Waals surface area contributed by atoms with E-state index < -0.39 is 0 Å². The number of ether oxygens (including phenoxy) is 1. The molecule has 2 aliphatic rings. The van der Waals surface area contributed by atoms with Crippen LogP contribution in [0.3, 0.4) is 0 Å². The largest absolute Gasteiger partial charge is 0.381 e. The second-order valence-electron chi connectivity index (χ2n) is 3.82. The average Bonchev–Trinajstić information content (AvgIpc) is 2.43. The van der Waals surface area contributed by atoms with Crippen molar-refractivity contribution in [3.05, 3.63) is 0 Å². The van der Waals surface area contributed by atoms with Gasteiger partial charge in [-0.1, -0.05) is 0 Å². The minimum absolute atomic E-state index is 0.0443. The SMILES string of the molecule is COC1CC(NC2CCNC2=O)C1. The summed E-state index contributed by atoms with van der Waals surface area (Å²) in [7, 11) is 1.74. The zero-order valence-corrected chi connectivity index (χ0v) is 7.88. The van der Waals surface area contributed by atoms with E-state index in [9.17, 15) is 4.79 Å². The molecule has 1 aliphatic heterocycles. The number of rotatable bonds is 3. The third-order valence-corrected chi connectivity index (χ3v) is 2.91. The first kappa shape index (κ1) is 8.97. The molecule has 13 heavy (non-hydrogen) atoms. The quantitative estimate of drug-likeness (QED) is 0.630. The Morgan fingerprint density at radius 2 is 2.31 bits per heavy atom. The third kappa shape index (κ3) is 1.84. The Bertz CT molecular complexity index is 202. The van der Waals surface area contributed by atoms with Crippen molar-refractivity contribution >= 4 is 5.91 Å². The normalized spacial score (nSPS) is 38.5. The minimum atomic E-state index is 0.0443. The number of hydrogen-bond donors (Lipinski definition) is 2. The Morgan fingerprint density at radius 1 is 1.54 bits per heavy atom. The standard InChI is InChI=1S/C9H16N2O2/c1-13-7-4-6(5-7)11-8-2-3-10-9(8)12/h6-8,11H,2-5H2,1H3,(H,10,12). The number of methoxy groups -OCH3 is 1. The zero-order chi connectivity index (χ0) is 9.26. The van der Waals surface area contributed by atoms with E-state index in [2.05, 4.69) is 10.6 Å². The van der Waals surface area contributed by atoms with Gasteiger partial charge in [0.25, 0.3) is 0 Å². The van der Waals surface area contributed by atoms with Crippen LogP contribution in [0, 0.1) is 0 Å². The molecule has 74 valence electrons. The highest BCUT2D eigenvalue weighted by Gasteiger charge is 2.33. The van der Waals surface area contributed by atoms with Crippen molar-refractivity contribution in [1.82, 2.24) is 10.6 Å². The molecule has 1 aliphatic carbocycles. The Kier molecular flexibility index (Phi) is 2.51. The molecule has 0 aromatic heterocycles. The lowest BCUT2D eigenvalue weighted by molar-refractivity contribution is -0.121. The van der Waals surface area contributed by atoms with E-state index in [1.165, 1.54) is 0 Å². The van der Waals surface area contributed by atoms with Gasteiger partial charge in [-0.25, -0.2) is 0 Å². The summed E-state index contributed by atoms with van der Waals surface area (Å²) in [5.74, 6) is 0.154. The van der Waals surface area contributed by atoms with Crippen LogP contribution in [0.1, 0.15) is 19.3 Å². The topological polar surface area (TPSA) is 50.4 Å². The first-order valence-electron chi connectivity index (χ1n) is 4.86. The Labute approximate surface area is 78.0 Å². The minimum Gasteiger partial charge on any atom is -0.381 e. The molecule has 4 nitrogen and oxygen atoms in total. The number of hydrogen-bond acceptors (Lipinski definition) is 3. The van der Waals surface area contributed by atoms with Gasteiger partial charge in [0, 0.05) is 19.7 Å². The molecule has 2 fully saturated rings. The molecule has 0 bridgehead atoms. The summed E-state index contributed by atoms with van der Waals surface area (Å²) in [5.41, 5.74) is 0. The van der Waals surface area contributed by atoms with Crippen molar-refractivity contribution in [2.45, 2.75) is 37.5 Å². The van der Waals surface area contributed by atoms with Crippen LogP contribution in [0.2, 0.25) is 0 Å². The molecule has 1 unspecified atom stereocenters. The number of carbonyl (C=O) groups is 1. The summed E-state index contributed by atoms with van der Waals surface area (Å²) in [6.45, 7) is 0.816. The second kappa shape index (κ2) is 3.64. The summed E-state index contributed by atoms with van der Waals surface area (Å²) < 4.78 is 5.17. The van der Waals surface area contributed by atoms with Gasteiger partial charge in [0.05, 0.1) is 12.1 Å². The van der Waals surface area contributed by atoms with Gasteiger partial charge in [0.2, 0.25) is 5.91 Å². The molecule has 2 N–H and O–H groups in total. The predicted molar refractivity (Wildman–Crippen MR) is 48.4 cm³/mol. The van der Waals surface area contributed by atoms with Crippen LogP contribution in [0.25, 0.3) is 0 Å². The van der Waals surface area contributed by atoms with Crippen molar-refractivity contribution in [3.8, 4) is 0 Å². The van der Waals surface area contributed by atoms with Gasteiger partial charge in [0.1, 0.15) is 0 Å². The van der Waals surface area contributed by atoms with Gasteiger partial charge >= 0.3 is 0 Å². The van der Waals surface area contributed by atoms with E-state index >= 15 is 0 Å². The fourth-order valence-electron chi connectivity index (χ4n) is 1.93. The molecule has 2 rings (SSSR count). The van der Waals surface area contributed by atoms with E-state index in [0.29, 0.717) is 12.1 Å². The summed E-state index contributed by atoms with van der Waals surface area (Å²) in [6.07, 6.45) is 3.41. The molecule has 1 atom stereocenters. The number of nitrogens with one attached hydrogen (secondary N) is 2. The lowest BCUT2D eigenvalue weighted by Crippen LogP contribution is -2.51. The fraction of sp³-hybridized carbons (Fsp3) is 0.889. The molecule has 1 heterocycles. The van der Waals surface area contributed by atoms with Crippen LogP contribution >= 0.6 is 0 Å². The maximum atomic E-state index is 11.2. The molecular weight excluding hydrogens is 168 g/mol. The summed E-state index contributed by atoms with van der Waals surface area (Å²) in [6, 6.07) is 0.529. The molecule has 0 aromatic rings. The van der Waals surface area contributed by atoms with Gasteiger partial charge in [-0.2, -0.15) is 0 Å². The first-order valence-corrected chi connectivity index (χ1v) is 4.86. The Balaban J connectivity index is 1.71. The summed E-state index contributed by atoms with van der Waals surface area (Å²) in [5, 5.41) is 6.15. The van der Waals surface area contributed by atoms with E-state index in [-0.39, 0.29) is 11.9 Å². The van der Waals surface area contributed by atoms with Crippen molar-refractivity contribution in [1.29, 1.82) is 0 Å². The smallest absolute Gasteiger partial charge is 0.237 e. The maximum Gasteiger partial charge on any atom is 0.237 e. The average molecular weight is 184 g/mol. The number of amides is 1. The van der Waals surface area contributed by atoms with E-state index in [0.717, 1.165) is 25.8 Å². The fourth-order valence-corrected chi connectivity index (χ4v) is 1.93. The van der Waals surface area contributed by atoms with Gasteiger partial charge in [-0.3, -0.25) is 4.79 Å². The highest BCUT2D eigenvalue weighted by molar-refractivity contribution is 5.83. The van der Waals surface area contributed by atoms with Gasteiger partial charge in [-0.15, -0.1) is 0 Å². The molecule has 1 amide bonds. The van der Waals surface area contributed by atoms with Crippen LogP contribution in [0.4, 0.5) is 0 Å². The van der Waals surface area contributed by atoms with Crippen LogP contribution in [-0.4, -0.2) is 37.7 Å². The first-order chi connectivity index (χ1) is 6.29. The van der Waals surface area contributed by atoms with Gasteiger partial charge in [-0.05, 0) is 19.3 Å².